The zero-order chi connectivity index (χ0) is 15.6. The quantitative estimate of drug-likeness (QED) is 0.668. The van der Waals surface area contributed by atoms with E-state index >= 15 is 0 Å². The summed E-state index contributed by atoms with van der Waals surface area (Å²) in [5.41, 5.74) is -0.0492. The molecule has 3 heteroatoms. The second-order valence-electron chi connectivity index (χ2n) is 6.10. The SMILES string of the molecule is CCCNC(CCOc1ccccc1)CCC(C)(C)OC. The molecule has 0 heterocycles. The fraction of sp³-hybridized carbons (Fsp3) is 0.667. The van der Waals surface area contributed by atoms with Gasteiger partial charge in [0.25, 0.3) is 0 Å². The van der Waals surface area contributed by atoms with Gasteiger partial charge >= 0.3 is 0 Å². The lowest BCUT2D eigenvalue weighted by Gasteiger charge is -2.26. The van der Waals surface area contributed by atoms with Gasteiger partial charge in [0.2, 0.25) is 0 Å². The summed E-state index contributed by atoms with van der Waals surface area (Å²) in [5.74, 6) is 0.948. The minimum atomic E-state index is -0.0492. The lowest BCUT2D eigenvalue weighted by atomic mass is 9.97. The van der Waals surface area contributed by atoms with Crippen molar-refractivity contribution < 1.29 is 9.47 Å². The Morgan fingerprint density at radius 2 is 1.86 bits per heavy atom. The summed E-state index contributed by atoms with van der Waals surface area (Å²) >= 11 is 0. The van der Waals surface area contributed by atoms with Gasteiger partial charge in [-0.2, -0.15) is 0 Å². The van der Waals surface area contributed by atoms with Crippen LogP contribution in [0.4, 0.5) is 0 Å². The van der Waals surface area contributed by atoms with Crippen LogP contribution in [0.1, 0.15) is 46.5 Å². The number of nitrogens with one attached hydrogen (secondary N) is 1. The van der Waals surface area contributed by atoms with Crippen molar-refractivity contribution in [2.24, 2.45) is 0 Å². The third kappa shape index (κ3) is 8.08. The molecule has 0 saturated carbocycles. The number of para-hydroxylation sites is 1. The summed E-state index contributed by atoms with van der Waals surface area (Å²) in [4.78, 5) is 0. The normalized spacial score (nSPS) is 13.1. The second-order valence-corrected chi connectivity index (χ2v) is 6.10. The summed E-state index contributed by atoms with van der Waals surface area (Å²) in [6.45, 7) is 8.29. The van der Waals surface area contributed by atoms with Crippen LogP contribution >= 0.6 is 0 Å². The second kappa shape index (κ2) is 9.80. The summed E-state index contributed by atoms with van der Waals surface area (Å²) in [6, 6.07) is 10.5. The Morgan fingerprint density at radius 1 is 1.14 bits per heavy atom. The zero-order valence-corrected chi connectivity index (χ0v) is 14.0. The number of ether oxygens (including phenoxy) is 2. The Hall–Kier alpha value is -1.06. The zero-order valence-electron chi connectivity index (χ0n) is 14.0. The molecule has 1 atom stereocenters. The Bertz CT molecular complexity index is 365. The van der Waals surface area contributed by atoms with E-state index < -0.39 is 0 Å². The molecule has 0 saturated heterocycles. The average Bonchev–Trinajstić information content (AvgIpc) is 2.50. The number of methoxy groups -OCH3 is 1. The first-order chi connectivity index (χ1) is 10.1. The molecule has 0 fully saturated rings. The van der Waals surface area contributed by atoms with Crippen LogP contribution in [0.2, 0.25) is 0 Å². The van der Waals surface area contributed by atoms with E-state index in [0.29, 0.717) is 6.04 Å². The van der Waals surface area contributed by atoms with E-state index in [1.165, 1.54) is 0 Å². The Kier molecular flexibility index (Phi) is 8.40. The van der Waals surface area contributed by atoms with E-state index in [9.17, 15) is 0 Å². The number of rotatable bonds is 11. The molecule has 1 aromatic carbocycles. The lowest BCUT2D eigenvalue weighted by Crippen LogP contribution is -2.34. The Balaban J connectivity index is 2.35. The van der Waals surface area contributed by atoms with Crippen LogP contribution in [0, 0.1) is 0 Å². The van der Waals surface area contributed by atoms with Crippen LogP contribution in [0.3, 0.4) is 0 Å². The van der Waals surface area contributed by atoms with Crippen molar-refractivity contribution >= 4 is 0 Å². The number of hydrogen-bond donors (Lipinski definition) is 1. The van der Waals surface area contributed by atoms with Gasteiger partial charge in [-0.05, 0) is 58.2 Å². The van der Waals surface area contributed by atoms with Gasteiger partial charge in [0.15, 0.2) is 0 Å². The van der Waals surface area contributed by atoms with Gasteiger partial charge in [0.05, 0.1) is 12.2 Å². The molecule has 0 aliphatic heterocycles. The van der Waals surface area contributed by atoms with E-state index in [1.807, 2.05) is 30.3 Å². The van der Waals surface area contributed by atoms with Crippen molar-refractivity contribution in [2.75, 3.05) is 20.3 Å². The fourth-order valence-electron chi connectivity index (χ4n) is 2.16. The molecule has 21 heavy (non-hydrogen) atoms. The van der Waals surface area contributed by atoms with Crippen LogP contribution < -0.4 is 10.1 Å². The third-order valence-corrected chi connectivity index (χ3v) is 3.81. The number of hydrogen-bond acceptors (Lipinski definition) is 3. The van der Waals surface area contributed by atoms with Gasteiger partial charge in [0, 0.05) is 13.2 Å². The molecule has 0 aromatic heterocycles. The van der Waals surface area contributed by atoms with E-state index in [1.54, 1.807) is 7.11 Å². The predicted molar refractivity (Wildman–Crippen MR) is 89.0 cm³/mol. The van der Waals surface area contributed by atoms with Gasteiger partial charge in [-0.25, -0.2) is 0 Å². The molecule has 0 radical (unpaired) electrons. The molecule has 0 aliphatic carbocycles. The van der Waals surface area contributed by atoms with Crippen LogP contribution in [0.15, 0.2) is 30.3 Å². The molecule has 1 rings (SSSR count). The van der Waals surface area contributed by atoms with Crippen molar-refractivity contribution in [1.29, 1.82) is 0 Å². The van der Waals surface area contributed by atoms with Crippen LogP contribution in [0.25, 0.3) is 0 Å². The summed E-state index contributed by atoms with van der Waals surface area (Å²) < 4.78 is 11.3. The van der Waals surface area contributed by atoms with E-state index in [0.717, 1.165) is 44.6 Å². The Labute approximate surface area is 130 Å². The molecule has 3 nitrogen and oxygen atoms in total. The predicted octanol–water partition coefficient (Wildman–Crippen LogP) is 4.03. The Morgan fingerprint density at radius 3 is 2.48 bits per heavy atom. The van der Waals surface area contributed by atoms with Crippen LogP contribution in [0.5, 0.6) is 5.75 Å². The number of benzene rings is 1. The van der Waals surface area contributed by atoms with Crippen LogP contribution in [-0.4, -0.2) is 31.9 Å². The average molecular weight is 293 g/mol. The van der Waals surface area contributed by atoms with Crippen molar-refractivity contribution in [3.63, 3.8) is 0 Å². The van der Waals surface area contributed by atoms with Gasteiger partial charge in [-0.1, -0.05) is 25.1 Å². The molecule has 1 aromatic rings. The fourth-order valence-corrected chi connectivity index (χ4v) is 2.16. The minimum Gasteiger partial charge on any atom is -0.494 e. The molecule has 0 bridgehead atoms. The van der Waals surface area contributed by atoms with Gasteiger partial charge in [-0.3, -0.25) is 0 Å². The standard InChI is InChI=1S/C18H31NO2/c1-5-14-19-16(11-13-18(2,3)20-4)12-15-21-17-9-7-6-8-10-17/h6-10,16,19H,5,11-15H2,1-4H3. The van der Waals surface area contributed by atoms with Gasteiger partial charge in [0.1, 0.15) is 5.75 Å². The van der Waals surface area contributed by atoms with Crippen LogP contribution in [-0.2, 0) is 4.74 Å². The highest BCUT2D eigenvalue weighted by Gasteiger charge is 2.19. The molecule has 0 aliphatic rings. The molecule has 0 amide bonds. The molecule has 1 N–H and O–H groups in total. The maximum Gasteiger partial charge on any atom is 0.119 e. The van der Waals surface area contributed by atoms with Crippen molar-refractivity contribution in [1.82, 2.24) is 5.32 Å². The summed E-state index contributed by atoms with van der Waals surface area (Å²) in [7, 11) is 1.78. The molecule has 120 valence electrons. The minimum absolute atomic E-state index is 0.0492. The highest BCUT2D eigenvalue weighted by atomic mass is 16.5. The van der Waals surface area contributed by atoms with Gasteiger partial charge in [-0.15, -0.1) is 0 Å². The maximum atomic E-state index is 5.80. The molecule has 0 spiro atoms. The highest BCUT2D eigenvalue weighted by Crippen LogP contribution is 2.18. The van der Waals surface area contributed by atoms with Gasteiger partial charge < -0.3 is 14.8 Å². The highest BCUT2D eigenvalue weighted by molar-refractivity contribution is 5.20. The lowest BCUT2D eigenvalue weighted by molar-refractivity contribution is 0.0112. The topological polar surface area (TPSA) is 30.5 Å². The van der Waals surface area contributed by atoms with E-state index in [2.05, 4.69) is 26.1 Å². The van der Waals surface area contributed by atoms with Crippen molar-refractivity contribution in [2.45, 2.75) is 58.1 Å². The van der Waals surface area contributed by atoms with Crippen molar-refractivity contribution in [3.05, 3.63) is 30.3 Å². The summed E-state index contributed by atoms with van der Waals surface area (Å²) in [5, 5.41) is 3.62. The monoisotopic (exact) mass is 293 g/mol. The van der Waals surface area contributed by atoms with E-state index in [4.69, 9.17) is 9.47 Å². The van der Waals surface area contributed by atoms with Crippen molar-refractivity contribution in [3.8, 4) is 5.75 Å². The first-order valence-corrected chi connectivity index (χ1v) is 8.04. The van der Waals surface area contributed by atoms with E-state index in [-0.39, 0.29) is 5.60 Å². The molecule has 1 unspecified atom stereocenters. The largest absolute Gasteiger partial charge is 0.494 e. The first kappa shape index (κ1) is 18.0. The smallest absolute Gasteiger partial charge is 0.119 e. The third-order valence-electron chi connectivity index (χ3n) is 3.81. The summed E-state index contributed by atoms with van der Waals surface area (Å²) in [6.07, 6.45) is 4.34. The molecular formula is C18H31NO2. The molecular weight excluding hydrogens is 262 g/mol. The first-order valence-electron chi connectivity index (χ1n) is 8.04. The maximum absolute atomic E-state index is 5.80.